The van der Waals surface area contributed by atoms with E-state index < -0.39 is 6.10 Å². The predicted octanol–water partition coefficient (Wildman–Crippen LogP) is 17.0. The Morgan fingerprint density at radius 1 is 0.339 bits per heavy atom. The Morgan fingerprint density at radius 2 is 0.629 bits per heavy atom. The molecule has 0 spiro atoms. The number of hydrogen-bond donors (Lipinski definition) is 0. The molecule has 1 atom stereocenters. The predicted molar refractivity (Wildman–Crippen MR) is 265 cm³/mol. The van der Waals surface area contributed by atoms with Crippen molar-refractivity contribution in [2.75, 3.05) is 13.2 Å². The van der Waals surface area contributed by atoms with Crippen LogP contribution in [0.25, 0.3) is 0 Å². The van der Waals surface area contributed by atoms with Gasteiger partial charge in [-0.15, -0.1) is 0 Å². The van der Waals surface area contributed by atoms with Gasteiger partial charge < -0.3 is 14.2 Å². The van der Waals surface area contributed by atoms with Crippen LogP contribution in [0.2, 0.25) is 0 Å². The average molecular weight is 865 g/mol. The largest absolute Gasteiger partial charge is 0.462 e. The maximum absolute atomic E-state index is 12.8. The van der Waals surface area contributed by atoms with Gasteiger partial charge in [-0.25, -0.2) is 0 Å². The zero-order valence-corrected chi connectivity index (χ0v) is 40.6. The van der Waals surface area contributed by atoms with E-state index in [0.717, 1.165) is 103 Å². The van der Waals surface area contributed by atoms with Crippen LogP contribution in [0.1, 0.15) is 245 Å². The van der Waals surface area contributed by atoms with Gasteiger partial charge in [-0.05, 0) is 109 Å². The maximum atomic E-state index is 12.8. The number of carbonyl (C=O) groups is 3. The molecule has 0 saturated carbocycles. The summed E-state index contributed by atoms with van der Waals surface area (Å²) in [6, 6.07) is 0. The fourth-order valence-corrected chi connectivity index (χ4v) is 7.01. The van der Waals surface area contributed by atoms with E-state index in [-0.39, 0.29) is 31.1 Å². The highest BCUT2D eigenvalue weighted by Crippen LogP contribution is 2.13. The zero-order valence-electron chi connectivity index (χ0n) is 40.6. The molecule has 0 aliphatic heterocycles. The molecule has 0 heterocycles. The lowest BCUT2D eigenvalue weighted by atomic mass is 10.1. The molecule has 0 bridgehead atoms. The molecule has 0 N–H and O–H groups in total. The Hall–Kier alpha value is -3.15. The number of carbonyl (C=O) groups excluding carboxylic acids is 3. The lowest BCUT2D eigenvalue weighted by molar-refractivity contribution is -0.167. The minimum absolute atomic E-state index is 0.0962. The number of esters is 3. The second kappa shape index (κ2) is 50.5. The molecular formula is C56H96O6. The zero-order chi connectivity index (χ0) is 45.1. The highest BCUT2D eigenvalue weighted by atomic mass is 16.6. The number of allylic oxidation sites excluding steroid dienone is 12. The average Bonchev–Trinajstić information content (AvgIpc) is 3.27. The van der Waals surface area contributed by atoms with Crippen LogP contribution in [0.3, 0.4) is 0 Å². The first-order valence-electron chi connectivity index (χ1n) is 25.9. The quantitative estimate of drug-likeness (QED) is 0.0262. The lowest BCUT2D eigenvalue weighted by Crippen LogP contribution is -2.30. The number of hydrogen-bond acceptors (Lipinski definition) is 6. The van der Waals surface area contributed by atoms with E-state index in [2.05, 4.69) is 93.7 Å². The van der Waals surface area contributed by atoms with Gasteiger partial charge in [0, 0.05) is 19.3 Å². The summed E-state index contributed by atoms with van der Waals surface area (Å²) in [5.74, 6) is -0.954. The molecule has 6 heteroatoms. The van der Waals surface area contributed by atoms with E-state index in [1.54, 1.807) is 0 Å². The monoisotopic (exact) mass is 865 g/mol. The van der Waals surface area contributed by atoms with Crippen molar-refractivity contribution in [2.24, 2.45) is 0 Å². The third-order valence-corrected chi connectivity index (χ3v) is 10.9. The standard InChI is InChI=1S/C56H96O6/c1-4-7-10-13-16-19-22-25-28-31-34-37-40-43-46-49-55(58)61-52-53(51-60-54(57)48-45-42-39-36-33-30-27-24-21-18-15-12-9-6-3)62-56(59)50-47-44-41-38-35-32-29-26-23-20-17-14-11-8-5-2/h7,10,16,19,24-29,34,37,53H,4-6,8-9,11-15,17-18,20-23,30-33,35-36,38-52H2,1-3H3/b10-7-,19-16-,27-24-,28-25-,29-26-,37-34-/t53-/m1/s1. The van der Waals surface area contributed by atoms with Gasteiger partial charge in [-0.3, -0.25) is 14.4 Å². The normalized spacial score (nSPS) is 12.6. The van der Waals surface area contributed by atoms with Gasteiger partial charge in [0.15, 0.2) is 6.10 Å². The van der Waals surface area contributed by atoms with Gasteiger partial charge in [-0.1, -0.05) is 190 Å². The number of rotatable bonds is 46. The van der Waals surface area contributed by atoms with E-state index in [0.29, 0.717) is 19.3 Å². The van der Waals surface area contributed by atoms with Crippen molar-refractivity contribution in [3.05, 3.63) is 72.9 Å². The topological polar surface area (TPSA) is 78.9 Å². The van der Waals surface area contributed by atoms with Gasteiger partial charge in [0.1, 0.15) is 13.2 Å². The highest BCUT2D eigenvalue weighted by Gasteiger charge is 2.19. The molecule has 0 radical (unpaired) electrons. The second-order valence-corrected chi connectivity index (χ2v) is 17.0. The molecule has 0 aromatic rings. The summed E-state index contributed by atoms with van der Waals surface area (Å²) in [6.07, 6.45) is 63.1. The summed E-state index contributed by atoms with van der Waals surface area (Å²) in [5, 5.41) is 0. The Balaban J connectivity index is 4.47. The highest BCUT2D eigenvalue weighted by molar-refractivity contribution is 5.71. The van der Waals surface area contributed by atoms with Crippen LogP contribution < -0.4 is 0 Å². The third-order valence-electron chi connectivity index (χ3n) is 10.9. The first-order valence-corrected chi connectivity index (χ1v) is 25.9. The minimum Gasteiger partial charge on any atom is -0.462 e. The summed E-state index contributed by atoms with van der Waals surface area (Å²) in [5.41, 5.74) is 0. The molecule has 6 nitrogen and oxygen atoms in total. The molecule has 62 heavy (non-hydrogen) atoms. The lowest BCUT2D eigenvalue weighted by Gasteiger charge is -2.18. The third kappa shape index (κ3) is 47.9. The van der Waals surface area contributed by atoms with E-state index in [1.165, 1.54) is 103 Å². The van der Waals surface area contributed by atoms with Gasteiger partial charge in [-0.2, -0.15) is 0 Å². The van der Waals surface area contributed by atoms with E-state index in [1.807, 2.05) is 0 Å². The second-order valence-electron chi connectivity index (χ2n) is 17.0. The Kier molecular flexibility index (Phi) is 47.9. The molecule has 0 aromatic carbocycles. The van der Waals surface area contributed by atoms with Crippen LogP contribution in [-0.4, -0.2) is 37.2 Å². The van der Waals surface area contributed by atoms with Crippen LogP contribution in [0, 0.1) is 0 Å². The van der Waals surface area contributed by atoms with Crippen molar-refractivity contribution >= 4 is 17.9 Å². The molecule has 0 unspecified atom stereocenters. The van der Waals surface area contributed by atoms with Crippen molar-refractivity contribution in [3.63, 3.8) is 0 Å². The first-order chi connectivity index (χ1) is 30.5. The van der Waals surface area contributed by atoms with Crippen molar-refractivity contribution in [1.29, 1.82) is 0 Å². The van der Waals surface area contributed by atoms with Crippen molar-refractivity contribution in [2.45, 2.75) is 252 Å². The van der Waals surface area contributed by atoms with Crippen molar-refractivity contribution < 1.29 is 28.6 Å². The molecule has 356 valence electrons. The van der Waals surface area contributed by atoms with Crippen LogP contribution in [0.5, 0.6) is 0 Å². The van der Waals surface area contributed by atoms with Crippen LogP contribution in [0.15, 0.2) is 72.9 Å². The molecular weight excluding hydrogens is 769 g/mol. The van der Waals surface area contributed by atoms with Crippen LogP contribution in [-0.2, 0) is 28.6 Å². The Morgan fingerprint density at radius 3 is 1.03 bits per heavy atom. The maximum Gasteiger partial charge on any atom is 0.306 e. The first kappa shape index (κ1) is 58.9. The fourth-order valence-electron chi connectivity index (χ4n) is 7.01. The Bertz CT molecular complexity index is 1180. The SMILES string of the molecule is CC/C=C\C/C=C\C/C=C\C/C=C\CCCCC(=O)OC[C@@H](COC(=O)CCCCCCC/C=C\CCCCCCC)OC(=O)CCCCCCC/C=C\CCCCCCCC. The smallest absolute Gasteiger partial charge is 0.306 e. The van der Waals surface area contributed by atoms with Crippen LogP contribution in [0.4, 0.5) is 0 Å². The fraction of sp³-hybridized carbons (Fsp3) is 0.732. The molecule has 0 aliphatic carbocycles. The summed E-state index contributed by atoms with van der Waals surface area (Å²) in [4.78, 5) is 38.0. The summed E-state index contributed by atoms with van der Waals surface area (Å²) in [7, 11) is 0. The summed E-state index contributed by atoms with van der Waals surface area (Å²) < 4.78 is 16.8. The molecule has 0 amide bonds. The number of unbranched alkanes of at least 4 members (excludes halogenated alkanes) is 23. The minimum atomic E-state index is -0.799. The van der Waals surface area contributed by atoms with E-state index in [9.17, 15) is 14.4 Å². The summed E-state index contributed by atoms with van der Waals surface area (Å²) >= 11 is 0. The van der Waals surface area contributed by atoms with Crippen molar-refractivity contribution in [3.8, 4) is 0 Å². The molecule has 0 saturated heterocycles. The number of ether oxygens (including phenoxy) is 3. The van der Waals surface area contributed by atoms with E-state index in [4.69, 9.17) is 14.2 Å². The molecule has 0 fully saturated rings. The van der Waals surface area contributed by atoms with Crippen LogP contribution >= 0.6 is 0 Å². The van der Waals surface area contributed by atoms with Gasteiger partial charge in [0.05, 0.1) is 0 Å². The van der Waals surface area contributed by atoms with Crippen molar-refractivity contribution in [1.82, 2.24) is 0 Å². The summed E-state index contributed by atoms with van der Waals surface area (Å²) in [6.45, 7) is 6.46. The van der Waals surface area contributed by atoms with Gasteiger partial charge in [0.25, 0.3) is 0 Å². The molecule has 0 rings (SSSR count). The van der Waals surface area contributed by atoms with Gasteiger partial charge in [0.2, 0.25) is 0 Å². The Labute approximate surface area is 382 Å². The molecule has 0 aliphatic rings. The molecule has 0 aromatic heterocycles. The van der Waals surface area contributed by atoms with E-state index >= 15 is 0 Å². The van der Waals surface area contributed by atoms with Gasteiger partial charge >= 0.3 is 17.9 Å².